The molecule has 204 valence electrons. The number of hydrogen-bond acceptors (Lipinski definition) is 8. The highest BCUT2D eigenvalue weighted by molar-refractivity contribution is 7.63. The lowest BCUT2D eigenvalue weighted by Crippen LogP contribution is -2.10. The minimum Gasteiger partial charge on any atom is -0.508 e. The van der Waals surface area contributed by atoms with Gasteiger partial charge in [0.25, 0.3) is 0 Å². The third-order valence-electron chi connectivity index (χ3n) is 4.80. The summed E-state index contributed by atoms with van der Waals surface area (Å²) in [5.41, 5.74) is 0. The van der Waals surface area contributed by atoms with Crippen LogP contribution in [0.5, 0.6) is 28.7 Å². The minimum absolute atomic E-state index is 0.183. The molecule has 0 radical (unpaired) electrons. The van der Waals surface area contributed by atoms with Gasteiger partial charge in [-0.25, -0.2) is 9.13 Å². The number of phosphoric acid groups is 2. The van der Waals surface area contributed by atoms with Crippen LogP contribution in [0.15, 0.2) is 152 Å². The van der Waals surface area contributed by atoms with Crippen LogP contribution in [0.3, 0.4) is 0 Å². The average molecular weight is 576 g/mol. The van der Waals surface area contributed by atoms with Crippen LogP contribution in [-0.2, 0) is 13.4 Å². The second-order valence-corrected chi connectivity index (χ2v) is 11.1. The van der Waals surface area contributed by atoms with Crippen molar-refractivity contribution in [1.29, 1.82) is 0 Å². The molecule has 0 atom stereocenters. The van der Waals surface area contributed by atoms with E-state index in [0.29, 0.717) is 5.75 Å². The van der Waals surface area contributed by atoms with Gasteiger partial charge < -0.3 is 23.2 Å². The molecule has 0 bridgehead atoms. The van der Waals surface area contributed by atoms with Crippen molar-refractivity contribution < 1.29 is 36.6 Å². The zero-order valence-corrected chi connectivity index (χ0v) is 22.9. The fourth-order valence-corrected chi connectivity index (χ4v) is 6.20. The van der Waals surface area contributed by atoms with Gasteiger partial charge in [-0.1, -0.05) is 91.0 Å². The van der Waals surface area contributed by atoms with Crippen LogP contribution < -0.4 is 18.1 Å². The number of benzene rings is 5. The molecule has 1 N–H and O–H groups in total. The third-order valence-corrected chi connectivity index (χ3v) is 8.14. The van der Waals surface area contributed by atoms with Crippen LogP contribution in [0.25, 0.3) is 0 Å². The zero-order valence-electron chi connectivity index (χ0n) is 21.1. The minimum atomic E-state index is -4.57. The Morgan fingerprint density at radius 3 is 0.800 bits per heavy atom. The van der Waals surface area contributed by atoms with E-state index >= 15 is 0 Å². The number of aromatic hydroxyl groups is 1. The molecule has 0 aliphatic carbocycles. The first-order chi connectivity index (χ1) is 19.4. The normalized spacial score (nSPS) is 10.9. The lowest BCUT2D eigenvalue weighted by molar-refractivity contribution is 0.243. The maximum absolute atomic E-state index is 13.7. The largest absolute Gasteiger partial charge is 0.598 e. The second-order valence-electron chi connectivity index (χ2n) is 7.93. The van der Waals surface area contributed by atoms with E-state index in [9.17, 15) is 9.13 Å². The van der Waals surface area contributed by atoms with Crippen molar-refractivity contribution in [3.05, 3.63) is 152 Å². The first-order valence-corrected chi connectivity index (χ1v) is 15.0. The fraction of sp³-hybridized carbons (Fsp3) is 0. The van der Waals surface area contributed by atoms with Gasteiger partial charge >= 0.3 is 15.6 Å². The summed E-state index contributed by atoms with van der Waals surface area (Å²) in [5, 5.41) is 8.63. The van der Waals surface area contributed by atoms with E-state index in [4.69, 9.17) is 27.5 Å². The molecule has 0 saturated heterocycles. The maximum Gasteiger partial charge on any atom is 0.598 e. The Kier molecular flexibility index (Phi) is 10.0. The van der Waals surface area contributed by atoms with E-state index < -0.39 is 15.6 Å². The molecule has 10 heteroatoms. The van der Waals surface area contributed by atoms with Gasteiger partial charge in [0.2, 0.25) is 0 Å². The van der Waals surface area contributed by atoms with Crippen molar-refractivity contribution in [3.63, 3.8) is 0 Å². The van der Waals surface area contributed by atoms with Crippen LogP contribution in [0.4, 0.5) is 0 Å². The highest BCUT2D eigenvalue weighted by Gasteiger charge is 2.46. The van der Waals surface area contributed by atoms with Gasteiger partial charge in [0.05, 0.1) is 0 Å². The van der Waals surface area contributed by atoms with Crippen molar-refractivity contribution in [2.75, 3.05) is 0 Å². The molecule has 0 heterocycles. The number of rotatable bonds is 10. The first kappa shape index (κ1) is 28.5. The summed E-state index contributed by atoms with van der Waals surface area (Å²) >= 11 is 0. The average Bonchev–Trinajstić information content (AvgIpc) is 2.95. The summed E-state index contributed by atoms with van der Waals surface area (Å²) in [6, 6.07) is 41.7. The SMILES string of the molecule is O=P(Oc1ccccc1)(Oc1ccccc1)OP(=O)(Oc1ccccc1)Oc1ccccc1.Oc1ccccc1. The molecule has 5 aromatic rings. The fourth-order valence-electron chi connectivity index (χ4n) is 3.10. The predicted molar refractivity (Wildman–Crippen MR) is 153 cm³/mol. The molecule has 40 heavy (non-hydrogen) atoms. The smallest absolute Gasteiger partial charge is 0.508 e. The van der Waals surface area contributed by atoms with Crippen LogP contribution in [0.1, 0.15) is 0 Å². The molecule has 8 nitrogen and oxygen atoms in total. The Hall–Kier alpha value is -4.48. The van der Waals surface area contributed by atoms with Gasteiger partial charge in [-0.2, -0.15) is 0 Å². The van der Waals surface area contributed by atoms with Gasteiger partial charge in [0, 0.05) is 0 Å². The van der Waals surface area contributed by atoms with Crippen molar-refractivity contribution in [2.24, 2.45) is 0 Å². The Labute approximate surface area is 232 Å². The summed E-state index contributed by atoms with van der Waals surface area (Å²) in [5.74, 6) is 1.05. The number of phenols is 1. The van der Waals surface area contributed by atoms with Crippen LogP contribution in [0.2, 0.25) is 0 Å². The summed E-state index contributed by atoms with van der Waals surface area (Å²) in [7, 11) is -9.14. The number of para-hydroxylation sites is 5. The zero-order chi connectivity index (χ0) is 28.1. The summed E-state index contributed by atoms with van der Waals surface area (Å²) in [4.78, 5) is 0. The molecule has 0 unspecified atom stereocenters. The van der Waals surface area contributed by atoms with Crippen molar-refractivity contribution in [2.45, 2.75) is 0 Å². The van der Waals surface area contributed by atoms with Gasteiger partial charge in [-0.05, 0) is 60.7 Å². The number of phosphoric ester groups is 2. The first-order valence-electron chi connectivity index (χ1n) is 12.1. The Morgan fingerprint density at radius 2 is 0.600 bits per heavy atom. The van der Waals surface area contributed by atoms with E-state index in [1.807, 2.05) is 6.07 Å². The molecule has 0 amide bonds. The number of hydrogen-bond donors (Lipinski definition) is 1. The highest BCUT2D eigenvalue weighted by atomic mass is 31.3. The summed E-state index contributed by atoms with van der Waals surface area (Å²) in [6.07, 6.45) is 0. The lowest BCUT2D eigenvalue weighted by atomic mass is 10.3. The molecular weight excluding hydrogens is 550 g/mol. The topological polar surface area (TPSA) is 101 Å². The van der Waals surface area contributed by atoms with Gasteiger partial charge in [0.15, 0.2) is 0 Å². The van der Waals surface area contributed by atoms with Crippen LogP contribution in [0, 0.1) is 0 Å². The van der Waals surface area contributed by atoms with Crippen molar-refractivity contribution >= 4 is 15.6 Å². The third kappa shape index (κ3) is 9.37. The Morgan fingerprint density at radius 1 is 0.375 bits per heavy atom. The van der Waals surface area contributed by atoms with Crippen LogP contribution in [-0.4, -0.2) is 5.11 Å². The molecule has 0 fully saturated rings. The standard InChI is InChI=1S/C24H20O7P2.C6H6O/c25-32(27-21-13-5-1-6-14-21,28-22-15-7-2-8-16-22)31-33(26,29-23-17-9-3-10-18-23)30-24-19-11-4-12-20-24;7-6-4-2-1-3-5-6/h1-20H;1-5,7H. The molecule has 0 saturated carbocycles. The monoisotopic (exact) mass is 576 g/mol. The van der Waals surface area contributed by atoms with E-state index in [1.165, 1.54) is 0 Å². The molecule has 0 aliphatic rings. The molecule has 0 aromatic heterocycles. The maximum atomic E-state index is 13.7. The van der Waals surface area contributed by atoms with E-state index in [1.54, 1.807) is 146 Å². The molecule has 5 rings (SSSR count). The Balaban J connectivity index is 0.000000461. The van der Waals surface area contributed by atoms with Crippen molar-refractivity contribution in [3.8, 4) is 28.7 Å². The number of phenolic OH excluding ortho intramolecular Hbond substituents is 1. The van der Waals surface area contributed by atoms with Gasteiger partial charge in [-0.3, -0.25) is 0 Å². The van der Waals surface area contributed by atoms with E-state index in [-0.39, 0.29) is 23.0 Å². The van der Waals surface area contributed by atoms with Crippen LogP contribution >= 0.6 is 15.6 Å². The quantitative estimate of drug-likeness (QED) is 0.165. The second kappa shape index (κ2) is 14.1. The van der Waals surface area contributed by atoms with Gasteiger partial charge in [0.1, 0.15) is 28.7 Å². The van der Waals surface area contributed by atoms with E-state index in [2.05, 4.69) is 0 Å². The Bertz CT molecular complexity index is 1330. The summed E-state index contributed by atoms with van der Waals surface area (Å²) in [6.45, 7) is 0. The molecule has 5 aromatic carbocycles. The van der Waals surface area contributed by atoms with Crippen molar-refractivity contribution in [1.82, 2.24) is 0 Å². The summed E-state index contributed by atoms with van der Waals surface area (Å²) < 4.78 is 55.2. The molecular formula is C30H26O8P2. The van der Waals surface area contributed by atoms with Gasteiger partial charge in [-0.15, -0.1) is 4.31 Å². The molecule has 0 aliphatic heterocycles. The van der Waals surface area contributed by atoms with E-state index in [0.717, 1.165) is 0 Å². The predicted octanol–water partition coefficient (Wildman–Crippen LogP) is 8.93. The molecule has 0 spiro atoms. The lowest BCUT2D eigenvalue weighted by Gasteiger charge is -2.23. The highest BCUT2D eigenvalue weighted by Crippen LogP contribution is 2.64.